The molecule has 1 aliphatic heterocycles. The zero-order chi connectivity index (χ0) is 13.3. The SMILES string of the molecule is NC(=O)C1CCCCN1c1cc(Br)c(F)cc1N. The van der Waals surface area contributed by atoms with Gasteiger partial charge in [0.2, 0.25) is 5.91 Å². The van der Waals surface area contributed by atoms with Gasteiger partial charge in [-0.25, -0.2) is 4.39 Å². The Balaban J connectivity index is 2.39. The van der Waals surface area contributed by atoms with Gasteiger partial charge in [-0.3, -0.25) is 4.79 Å². The number of primary amides is 1. The van der Waals surface area contributed by atoms with Gasteiger partial charge in [0.1, 0.15) is 11.9 Å². The minimum absolute atomic E-state index is 0.323. The van der Waals surface area contributed by atoms with E-state index in [1.807, 2.05) is 4.90 Å². The zero-order valence-electron chi connectivity index (χ0n) is 9.83. The van der Waals surface area contributed by atoms with E-state index < -0.39 is 5.82 Å². The van der Waals surface area contributed by atoms with Gasteiger partial charge in [-0.05, 0) is 41.3 Å². The molecule has 1 fully saturated rings. The van der Waals surface area contributed by atoms with Gasteiger partial charge in [0.05, 0.1) is 15.8 Å². The van der Waals surface area contributed by atoms with Crippen LogP contribution in [0.3, 0.4) is 0 Å². The molecule has 1 heterocycles. The molecular weight excluding hydrogens is 301 g/mol. The van der Waals surface area contributed by atoms with Crippen LogP contribution in [0.15, 0.2) is 16.6 Å². The number of hydrogen-bond acceptors (Lipinski definition) is 3. The Morgan fingerprint density at radius 1 is 1.44 bits per heavy atom. The van der Waals surface area contributed by atoms with Gasteiger partial charge < -0.3 is 16.4 Å². The maximum Gasteiger partial charge on any atom is 0.240 e. The van der Waals surface area contributed by atoms with Crippen LogP contribution in [0, 0.1) is 5.82 Å². The number of carbonyl (C=O) groups is 1. The number of piperidine rings is 1. The van der Waals surface area contributed by atoms with E-state index in [2.05, 4.69) is 15.9 Å². The van der Waals surface area contributed by atoms with Crippen molar-refractivity contribution in [2.45, 2.75) is 25.3 Å². The Hall–Kier alpha value is -1.30. The van der Waals surface area contributed by atoms with Crippen molar-refractivity contribution in [3.8, 4) is 0 Å². The quantitative estimate of drug-likeness (QED) is 0.820. The first-order valence-electron chi connectivity index (χ1n) is 5.81. The van der Waals surface area contributed by atoms with Gasteiger partial charge in [0, 0.05) is 12.6 Å². The minimum Gasteiger partial charge on any atom is -0.397 e. The van der Waals surface area contributed by atoms with E-state index in [1.165, 1.54) is 6.07 Å². The largest absolute Gasteiger partial charge is 0.397 e. The Labute approximate surface area is 113 Å². The molecule has 0 bridgehead atoms. The third kappa shape index (κ3) is 2.43. The van der Waals surface area contributed by atoms with Crippen LogP contribution < -0.4 is 16.4 Å². The number of amides is 1. The number of hydrogen-bond donors (Lipinski definition) is 2. The van der Waals surface area contributed by atoms with E-state index in [-0.39, 0.29) is 11.9 Å². The second kappa shape index (κ2) is 5.14. The summed E-state index contributed by atoms with van der Waals surface area (Å²) in [7, 11) is 0. The van der Waals surface area contributed by atoms with Crippen molar-refractivity contribution in [3.63, 3.8) is 0 Å². The molecule has 98 valence electrons. The lowest BCUT2D eigenvalue weighted by molar-refractivity contribution is -0.119. The third-order valence-corrected chi connectivity index (χ3v) is 3.82. The molecule has 1 unspecified atom stereocenters. The first-order valence-corrected chi connectivity index (χ1v) is 6.60. The zero-order valence-corrected chi connectivity index (χ0v) is 11.4. The molecule has 1 aliphatic rings. The van der Waals surface area contributed by atoms with Crippen LogP contribution in [0.25, 0.3) is 0 Å². The molecule has 4 N–H and O–H groups in total. The van der Waals surface area contributed by atoms with Gasteiger partial charge in [-0.2, -0.15) is 0 Å². The number of nitrogens with two attached hydrogens (primary N) is 2. The molecule has 1 aromatic rings. The lowest BCUT2D eigenvalue weighted by Gasteiger charge is -2.36. The molecular formula is C12H15BrFN3O. The molecule has 1 aromatic carbocycles. The van der Waals surface area contributed by atoms with Crippen molar-refractivity contribution in [1.82, 2.24) is 0 Å². The average molecular weight is 316 g/mol. The molecule has 4 nitrogen and oxygen atoms in total. The van der Waals surface area contributed by atoms with Crippen LogP contribution >= 0.6 is 15.9 Å². The Bertz CT molecular complexity index is 481. The first kappa shape index (κ1) is 13.1. The predicted molar refractivity (Wildman–Crippen MR) is 72.7 cm³/mol. The Morgan fingerprint density at radius 3 is 2.83 bits per heavy atom. The predicted octanol–water partition coefficient (Wildman–Crippen LogP) is 2.01. The van der Waals surface area contributed by atoms with Crippen LogP contribution in [0.4, 0.5) is 15.8 Å². The number of halogens is 2. The molecule has 0 spiro atoms. The number of nitrogens with zero attached hydrogens (tertiary/aromatic N) is 1. The van der Waals surface area contributed by atoms with E-state index in [9.17, 15) is 9.18 Å². The molecule has 6 heteroatoms. The first-order chi connectivity index (χ1) is 8.50. The molecule has 18 heavy (non-hydrogen) atoms. The fourth-order valence-electron chi connectivity index (χ4n) is 2.32. The summed E-state index contributed by atoms with van der Waals surface area (Å²) >= 11 is 3.13. The van der Waals surface area contributed by atoms with Crippen molar-refractivity contribution >= 4 is 33.2 Å². The summed E-state index contributed by atoms with van der Waals surface area (Å²) in [5, 5.41) is 0. The third-order valence-electron chi connectivity index (χ3n) is 3.21. The van der Waals surface area contributed by atoms with Gasteiger partial charge in [0.15, 0.2) is 0 Å². The number of nitrogen functional groups attached to an aromatic ring is 1. The molecule has 1 atom stereocenters. The van der Waals surface area contributed by atoms with Crippen molar-refractivity contribution in [2.24, 2.45) is 5.73 Å². The van der Waals surface area contributed by atoms with Crippen molar-refractivity contribution < 1.29 is 9.18 Å². The summed E-state index contributed by atoms with van der Waals surface area (Å²) < 4.78 is 13.7. The second-order valence-electron chi connectivity index (χ2n) is 4.43. The molecule has 1 saturated heterocycles. The molecule has 1 amide bonds. The van der Waals surface area contributed by atoms with Crippen LogP contribution in [-0.4, -0.2) is 18.5 Å². The highest BCUT2D eigenvalue weighted by molar-refractivity contribution is 9.10. The molecule has 0 aromatic heterocycles. The summed E-state index contributed by atoms with van der Waals surface area (Å²) in [6.45, 7) is 0.704. The van der Waals surface area contributed by atoms with E-state index in [0.717, 1.165) is 12.8 Å². The lowest BCUT2D eigenvalue weighted by Crippen LogP contribution is -2.48. The number of rotatable bonds is 2. The summed E-state index contributed by atoms with van der Waals surface area (Å²) in [6.07, 6.45) is 2.65. The van der Waals surface area contributed by atoms with Crippen LogP contribution in [0.2, 0.25) is 0 Å². The van der Waals surface area contributed by atoms with E-state index in [1.54, 1.807) is 6.07 Å². The lowest BCUT2D eigenvalue weighted by atomic mass is 10.0. The average Bonchev–Trinajstić information content (AvgIpc) is 2.34. The highest BCUT2D eigenvalue weighted by Crippen LogP contribution is 2.33. The number of benzene rings is 1. The maximum atomic E-state index is 13.3. The van der Waals surface area contributed by atoms with Crippen molar-refractivity contribution in [2.75, 3.05) is 17.2 Å². The second-order valence-corrected chi connectivity index (χ2v) is 5.29. The smallest absolute Gasteiger partial charge is 0.240 e. The van der Waals surface area contributed by atoms with Crippen LogP contribution in [-0.2, 0) is 4.79 Å². The van der Waals surface area contributed by atoms with E-state index >= 15 is 0 Å². The maximum absolute atomic E-state index is 13.3. The molecule has 0 saturated carbocycles. The summed E-state index contributed by atoms with van der Waals surface area (Å²) in [4.78, 5) is 13.3. The Morgan fingerprint density at radius 2 is 2.17 bits per heavy atom. The van der Waals surface area contributed by atoms with Crippen molar-refractivity contribution in [3.05, 3.63) is 22.4 Å². The van der Waals surface area contributed by atoms with Crippen LogP contribution in [0.1, 0.15) is 19.3 Å². The van der Waals surface area contributed by atoms with E-state index in [4.69, 9.17) is 11.5 Å². The van der Waals surface area contributed by atoms with E-state index in [0.29, 0.717) is 28.8 Å². The normalized spacial score (nSPS) is 19.9. The minimum atomic E-state index is -0.413. The molecule has 2 rings (SSSR count). The molecule has 0 aliphatic carbocycles. The topological polar surface area (TPSA) is 72.4 Å². The number of carbonyl (C=O) groups excluding carboxylic acids is 1. The number of anilines is 2. The summed E-state index contributed by atoms with van der Waals surface area (Å²) in [6, 6.07) is 2.50. The van der Waals surface area contributed by atoms with Gasteiger partial charge in [0.25, 0.3) is 0 Å². The fourth-order valence-corrected chi connectivity index (χ4v) is 2.65. The van der Waals surface area contributed by atoms with Crippen LogP contribution in [0.5, 0.6) is 0 Å². The standard InChI is InChI=1S/C12H15BrFN3O/c13-7-5-11(9(15)6-8(7)14)17-4-2-1-3-10(17)12(16)18/h5-6,10H,1-4,15H2,(H2,16,18). The fraction of sp³-hybridized carbons (Fsp3) is 0.417. The highest BCUT2D eigenvalue weighted by atomic mass is 79.9. The Kier molecular flexibility index (Phi) is 3.75. The highest BCUT2D eigenvalue weighted by Gasteiger charge is 2.28. The van der Waals surface area contributed by atoms with Crippen molar-refractivity contribution in [1.29, 1.82) is 0 Å². The van der Waals surface area contributed by atoms with Gasteiger partial charge in [-0.15, -0.1) is 0 Å². The summed E-state index contributed by atoms with van der Waals surface area (Å²) in [5.41, 5.74) is 12.2. The monoisotopic (exact) mass is 315 g/mol. The van der Waals surface area contributed by atoms with Gasteiger partial charge in [-0.1, -0.05) is 0 Å². The van der Waals surface area contributed by atoms with Gasteiger partial charge >= 0.3 is 0 Å². The summed E-state index contributed by atoms with van der Waals surface area (Å²) in [5.74, 6) is -0.779. The molecule has 0 radical (unpaired) electrons.